The van der Waals surface area contributed by atoms with Gasteiger partial charge in [-0.2, -0.15) is 0 Å². The maximum Gasteiger partial charge on any atom is 0.262 e. The van der Waals surface area contributed by atoms with Gasteiger partial charge in [-0.3, -0.25) is 9.59 Å². The summed E-state index contributed by atoms with van der Waals surface area (Å²) in [6.07, 6.45) is 0. The van der Waals surface area contributed by atoms with E-state index in [2.05, 4.69) is 17.1 Å². The molecule has 2 heterocycles. The molecule has 1 saturated heterocycles. The Hall–Kier alpha value is -2.08. The predicted octanol–water partition coefficient (Wildman–Crippen LogP) is 1.04. The Kier molecular flexibility index (Phi) is 3.78. The van der Waals surface area contributed by atoms with Crippen molar-refractivity contribution in [1.82, 2.24) is 9.80 Å². The molecule has 1 aromatic carbocycles. The van der Waals surface area contributed by atoms with Crippen molar-refractivity contribution in [3.8, 4) is 5.75 Å². The highest BCUT2D eigenvalue weighted by Crippen LogP contribution is 2.33. The number of ether oxygens (including phenoxy) is 1. The number of carbonyl (C=O) groups is 2. The van der Waals surface area contributed by atoms with Gasteiger partial charge in [0, 0.05) is 19.1 Å². The molecule has 1 aromatic rings. The Morgan fingerprint density at radius 1 is 1.36 bits per heavy atom. The molecule has 0 aliphatic carbocycles. The van der Waals surface area contributed by atoms with E-state index in [0.717, 1.165) is 6.54 Å². The second-order valence-electron chi connectivity index (χ2n) is 6.24. The molecular weight excluding hydrogens is 282 g/mol. The minimum absolute atomic E-state index is 0.0378. The molecule has 22 heavy (non-hydrogen) atoms. The van der Waals surface area contributed by atoms with Crippen molar-refractivity contribution in [1.29, 1.82) is 0 Å². The number of para-hydroxylation sites is 1. The van der Waals surface area contributed by atoms with Gasteiger partial charge in [-0.15, -0.1) is 0 Å². The van der Waals surface area contributed by atoms with Gasteiger partial charge in [-0.25, -0.2) is 0 Å². The summed E-state index contributed by atoms with van der Waals surface area (Å²) >= 11 is 0. The van der Waals surface area contributed by atoms with E-state index in [1.807, 2.05) is 19.0 Å². The summed E-state index contributed by atoms with van der Waals surface area (Å²) in [5, 5.41) is 2.74. The summed E-state index contributed by atoms with van der Waals surface area (Å²) in [5.74, 6) is 0.677. The maximum atomic E-state index is 12.8. The number of fused-ring (bicyclic) bond motifs is 1. The normalized spacial score (nSPS) is 24.0. The fraction of sp³-hybridized carbons (Fsp3) is 0.500. The molecule has 0 spiro atoms. The number of nitrogens with zero attached hydrogens (tertiary/aromatic N) is 2. The largest absolute Gasteiger partial charge is 0.481 e. The lowest BCUT2D eigenvalue weighted by Crippen LogP contribution is -2.36. The monoisotopic (exact) mass is 303 g/mol. The van der Waals surface area contributed by atoms with Gasteiger partial charge < -0.3 is 19.9 Å². The van der Waals surface area contributed by atoms with E-state index in [9.17, 15) is 9.59 Å². The van der Waals surface area contributed by atoms with Gasteiger partial charge in [0.15, 0.2) is 12.4 Å². The number of amides is 2. The molecule has 0 bridgehead atoms. The lowest BCUT2D eigenvalue weighted by atomic mass is 10.1. The number of anilines is 1. The van der Waals surface area contributed by atoms with Crippen LogP contribution in [0.3, 0.4) is 0 Å². The first-order valence-electron chi connectivity index (χ1n) is 7.48. The molecule has 3 rings (SSSR count). The third-order valence-corrected chi connectivity index (χ3v) is 4.39. The van der Waals surface area contributed by atoms with Gasteiger partial charge in [0.25, 0.3) is 11.8 Å². The first kappa shape index (κ1) is 14.8. The zero-order valence-electron chi connectivity index (χ0n) is 13.1. The lowest BCUT2D eigenvalue weighted by molar-refractivity contribution is -0.118. The fourth-order valence-corrected chi connectivity index (χ4v) is 3.24. The fourth-order valence-electron chi connectivity index (χ4n) is 3.24. The average molecular weight is 303 g/mol. The number of rotatable bonds is 2. The molecule has 0 radical (unpaired) electrons. The van der Waals surface area contributed by atoms with Crippen LogP contribution in [0.1, 0.15) is 17.3 Å². The Morgan fingerprint density at radius 2 is 2.14 bits per heavy atom. The highest BCUT2D eigenvalue weighted by Gasteiger charge is 2.35. The van der Waals surface area contributed by atoms with Crippen molar-refractivity contribution in [3.63, 3.8) is 0 Å². The molecule has 2 amide bonds. The van der Waals surface area contributed by atoms with Crippen LogP contribution in [0.15, 0.2) is 18.2 Å². The van der Waals surface area contributed by atoms with Crippen LogP contribution in [0.5, 0.6) is 5.75 Å². The molecule has 6 nitrogen and oxygen atoms in total. The summed E-state index contributed by atoms with van der Waals surface area (Å²) in [4.78, 5) is 28.2. The van der Waals surface area contributed by atoms with Gasteiger partial charge >= 0.3 is 0 Å². The predicted molar refractivity (Wildman–Crippen MR) is 83.1 cm³/mol. The molecule has 2 aliphatic rings. The standard InChI is InChI=1S/C16H21N3O3/c1-10-7-19(8-13(10)18(2)3)16(21)11-5-4-6-12-15(11)22-9-14(20)17-12/h4-6,10,13H,7-9H2,1-3H3,(H,17,20). The highest BCUT2D eigenvalue weighted by molar-refractivity contribution is 6.03. The van der Waals surface area contributed by atoms with Crippen molar-refractivity contribution >= 4 is 17.5 Å². The minimum Gasteiger partial charge on any atom is -0.481 e. The number of hydrogen-bond donors (Lipinski definition) is 1. The van der Waals surface area contributed by atoms with E-state index in [1.165, 1.54) is 0 Å². The van der Waals surface area contributed by atoms with Gasteiger partial charge in [0.2, 0.25) is 0 Å². The lowest BCUT2D eigenvalue weighted by Gasteiger charge is -2.24. The van der Waals surface area contributed by atoms with Crippen molar-refractivity contribution in [2.24, 2.45) is 5.92 Å². The number of nitrogens with one attached hydrogen (secondary N) is 1. The Morgan fingerprint density at radius 3 is 2.82 bits per heavy atom. The summed E-state index contributed by atoms with van der Waals surface area (Å²) in [6, 6.07) is 5.64. The number of likely N-dealkylation sites (N-methyl/N-ethyl adjacent to an activating group) is 1. The van der Waals surface area contributed by atoms with Crippen LogP contribution in [0.25, 0.3) is 0 Å². The van der Waals surface area contributed by atoms with Crippen LogP contribution in [0.4, 0.5) is 5.69 Å². The van der Waals surface area contributed by atoms with E-state index in [-0.39, 0.29) is 18.4 Å². The summed E-state index contributed by atoms with van der Waals surface area (Å²) in [6.45, 7) is 3.56. The van der Waals surface area contributed by atoms with E-state index >= 15 is 0 Å². The van der Waals surface area contributed by atoms with E-state index in [0.29, 0.717) is 35.5 Å². The Bertz CT molecular complexity index is 615. The second-order valence-corrected chi connectivity index (χ2v) is 6.24. The van der Waals surface area contributed by atoms with Crippen LogP contribution < -0.4 is 10.1 Å². The van der Waals surface area contributed by atoms with E-state index in [4.69, 9.17) is 4.74 Å². The summed E-state index contributed by atoms with van der Waals surface area (Å²) < 4.78 is 5.48. The molecule has 1 N–H and O–H groups in total. The zero-order chi connectivity index (χ0) is 15.9. The molecular formula is C16H21N3O3. The quantitative estimate of drug-likeness (QED) is 0.887. The van der Waals surface area contributed by atoms with Crippen LogP contribution in [-0.2, 0) is 4.79 Å². The van der Waals surface area contributed by atoms with E-state index in [1.54, 1.807) is 18.2 Å². The van der Waals surface area contributed by atoms with Crippen molar-refractivity contribution in [2.45, 2.75) is 13.0 Å². The number of carbonyl (C=O) groups excluding carboxylic acids is 2. The molecule has 2 aliphatic heterocycles. The zero-order valence-corrected chi connectivity index (χ0v) is 13.1. The second kappa shape index (κ2) is 5.61. The Balaban J connectivity index is 1.85. The molecule has 2 unspecified atom stereocenters. The molecule has 2 atom stereocenters. The van der Waals surface area contributed by atoms with Crippen molar-refractivity contribution in [3.05, 3.63) is 23.8 Å². The topological polar surface area (TPSA) is 61.9 Å². The third-order valence-electron chi connectivity index (χ3n) is 4.39. The highest BCUT2D eigenvalue weighted by atomic mass is 16.5. The average Bonchev–Trinajstić information content (AvgIpc) is 2.87. The Labute approximate surface area is 130 Å². The SMILES string of the molecule is CC1CN(C(=O)c2cccc3c2OCC(=O)N3)CC1N(C)C. The van der Waals surface area contributed by atoms with Gasteiger partial charge in [0.05, 0.1) is 11.3 Å². The van der Waals surface area contributed by atoms with Crippen LogP contribution in [0.2, 0.25) is 0 Å². The number of benzene rings is 1. The first-order valence-corrected chi connectivity index (χ1v) is 7.48. The van der Waals surface area contributed by atoms with Crippen LogP contribution in [0, 0.1) is 5.92 Å². The molecule has 6 heteroatoms. The van der Waals surface area contributed by atoms with Gasteiger partial charge in [-0.05, 0) is 32.1 Å². The number of hydrogen-bond acceptors (Lipinski definition) is 4. The minimum atomic E-state index is -0.195. The maximum absolute atomic E-state index is 12.8. The van der Waals surface area contributed by atoms with Gasteiger partial charge in [0.1, 0.15) is 0 Å². The van der Waals surface area contributed by atoms with Crippen molar-refractivity contribution in [2.75, 3.05) is 39.1 Å². The first-order chi connectivity index (χ1) is 10.5. The smallest absolute Gasteiger partial charge is 0.262 e. The third kappa shape index (κ3) is 2.54. The van der Waals surface area contributed by atoms with E-state index < -0.39 is 0 Å². The molecule has 0 aromatic heterocycles. The molecule has 118 valence electrons. The van der Waals surface area contributed by atoms with Crippen LogP contribution in [-0.4, -0.2) is 61.4 Å². The van der Waals surface area contributed by atoms with Crippen molar-refractivity contribution < 1.29 is 14.3 Å². The molecule has 1 fully saturated rings. The summed E-state index contributed by atoms with van der Waals surface area (Å²) in [5.41, 5.74) is 1.09. The summed E-state index contributed by atoms with van der Waals surface area (Å²) in [7, 11) is 4.08. The van der Waals surface area contributed by atoms with Gasteiger partial charge in [-0.1, -0.05) is 13.0 Å². The molecule has 0 saturated carbocycles. The number of likely N-dealkylation sites (tertiary alicyclic amines) is 1. The van der Waals surface area contributed by atoms with Crippen LogP contribution >= 0.6 is 0 Å².